The number of aryl methyl sites for hydroxylation is 1. The first-order valence-electron chi connectivity index (χ1n) is 11.8. The summed E-state index contributed by atoms with van der Waals surface area (Å²) in [6.07, 6.45) is 2.77. The van der Waals surface area contributed by atoms with E-state index < -0.39 is 0 Å². The van der Waals surface area contributed by atoms with E-state index in [0.29, 0.717) is 29.6 Å². The van der Waals surface area contributed by atoms with Gasteiger partial charge >= 0.3 is 0 Å². The van der Waals surface area contributed by atoms with Crippen molar-refractivity contribution in [2.24, 2.45) is 0 Å². The van der Waals surface area contributed by atoms with Gasteiger partial charge in [0.15, 0.2) is 11.6 Å². The first kappa shape index (κ1) is 23.3. The maximum Gasteiger partial charge on any atom is 0.239 e. The van der Waals surface area contributed by atoms with E-state index in [1.807, 2.05) is 30.5 Å². The minimum Gasteiger partial charge on any atom is -0.458 e. The molecule has 0 bridgehead atoms. The Labute approximate surface area is 208 Å². The number of nitrogens with one attached hydrogen (secondary N) is 1. The van der Waals surface area contributed by atoms with Crippen LogP contribution in [0.3, 0.4) is 0 Å². The van der Waals surface area contributed by atoms with Crippen LogP contribution in [0.2, 0.25) is 0 Å². The highest BCUT2D eigenvalue weighted by Crippen LogP contribution is 2.26. The predicted octanol–water partition coefficient (Wildman–Crippen LogP) is 4.31. The van der Waals surface area contributed by atoms with Gasteiger partial charge in [-0.25, -0.2) is 15.0 Å². The van der Waals surface area contributed by atoms with Crippen molar-refractivity contribution in [3.05, 3.63) is 71.4 Å². The molecule has 0 aliphatic carbocycles. The average molecular weight is 489 g/mol. The van der Waals surface area contributed by atoms with E-state index in [2.05, 4.69) is 54.3 Å². The third kappa shape index (κ3) is 6.19. The molecule has 1 saturated heterocycles. The Morgan fingerprint density at radius 2 is 1.89 bits per heavy atom. The molecule has 0 unspecified atom stereocenters. The number of anilines is 1. The summed E-state index contributed by atoms with van der Waals surface area (Å²) in [5.74, 6) is 2.11. The zero-order chi connectivity index (χ0) is 24.0. The van der Waals surface area contributed by atoms with Gasteiger partial charge in [-0.2, -0.15) is 0 Å². The van der Waals surface area contributed by atoms with Crippen molar-refractivity contribution in [3.63, 3.8) is 0 Å². The van der Waals surface area contributed by atoms with Gasteiger partial charge in [0, 0.05) is 37.3 Å². The lowest BCUT2D eigenvalue weighted by atomic mass is 10.2. The van der Waals surface area contributed by atoms with Crippen LogP contribution in [-0.2, 0) is 11.3 Å². The molecule has 1 aliphatic rings. The van der Waals surface area contributed by atoms with E-state index in [0.717, 1.165) is 49.9 Å². The summed E-state index contributed by atoms with van der Waals surface area (Å²) in [7, 11) is 0. The standard InChI is InChI=1S/C26H28N6O2S/c1-19-8-9-22(34-19)25-28-21(26-27-10-15-35-26)16-23(30-25)29-24(33)18-32-12-5-11-31(13-14-32)17-20-6-3-2-4-7-20/h2-4,6-10,15-16H,5,11-14,17-18H2,1H3,(H,28,29,30,33). The molecular weight excluding hydrogens is 460 g/mol. The number of hydrogen-bond donors (Lipinski definition) is 1. The number of hydrogen-bond acceptors (Lipinski definition) is 8. The van der Waals surface area contributed by atoms with Gasteiger partial charge in [-0.3, -0.25) is 14.6 Å². The van der Waals surface area contributed by atoms with E-state index in [1.54, 1.807) is 12.3 Å². The smallest absolute Gasteiger partial charge is 0.239 e. The minimum atomic E-state index is -0.0909. The average Bonchev–Trinajstić information content (AvgIpc) is 3.50. The van der Waals surface area contributed by atoms with E-state index in [1.165, 1.54) is 16.9 Å². The molecule has 1 N–H and O–H groups in total. The summed E-state index contributed by atoms with van der Waals surface area (Å²) < 4.78 is 5.72. The summed E-state index contributed by atoms with van der Waals surface area (Å²) in [5.41, 5.74) is 1.97. The largest absolute Gasteiger partial charge is 0.458 e. The van der Waals surface area contributed by atoms with E-state index in [4.69, 9.17) is 4.42 Å². The molecule has 0 atom stereocenters. The lowest BCUT2D eigenvalue weighted by molar-refractivity contribution is -0.117. The fourth-order valence-electron chi connectivity index (χ4n) is 4.20. The number of amides is 1. The fourth-order valence-corrected chi connectivity index (χ4v) is 4.80. The highest BCUT2D eigenvalue weighted by atomic mass is 32.1. The molecular formula is C26H28N6O2S. The molecule has 1 aliphatic heterocycles. The Balaban J connectivity index is 1.24. The Hall–Kier alpha value is -3.40. The molecule has 3 aromatic heterocycles. The van der Waals surface area contributed by atoms with Crippen molar-refractivity contribution >= 4 is 23.1 Å². The number of carbonyl (C=O) groups excluding carboxylic acids is 1. The molecule has 4 aromatic rings. The van der Waals surface area contributed by atoms with Gasteiger partial charge in [0.25, 0.3) is 0 Å². The van der Waals surface area contributed by atoms with Crippen molar-refractivity contribution in [1.29, 1.82) is 0 Å². The Morgan fingerprint density at radius 3 is 2.66 bits per heavy atom. The summed E-state index contributed by atoms with van der Waals surface area (Å²) in [6.45, 7) is 6.85. The van der Waals surface area contributed by atoms with E-state index in [9.17, 15) is 4.79 Å². The predicted molar refractivity (Wildman–Crippen MR) is 137 cm³/mol. The Morgan fingerprint density at radius 1 is 1.06 bits per heavy atom. The quantitative estimate of drug-likeness (QED) is 0.415. The number of benzene rings is 1. The van der Waals surface area contributed by atoms with Gasteiger partial charge in [-0.1, -0.05) is 30.3 Å². The molecule has 35 heavy (non-hydrogen) atoms. The lowest BCUT2D eigenvalue weighted by Gasteiger charge is -2.21. The van der Waals surface area contributed by atoms with Crippen molar-refractivity contribution in [2.75, 3.05) is 38.0 Å². The third-order valence-electron chi connectivity index (χ3n) is 5.90. The molecule has 0 saturated carbocycles. The Bertz CT molecular complexity index is 1260. The highest BCUT2D eigenvalue weighted by molar-refractivity contribution is 7.13. The molecule has 0 spiro atoms. The zero-order valence-corrected chi connectivity index (χ0v) is 20.5. The lowest BCUT2D eigenvalue weighted by Crippen LogP contribution is -2.36. The maximum atomic E-state index is 13.0. The summed E-state index contributed by atoms with van der Waals surface area (Å²) >= 11 is 1.49. The van der Waals surface area contributed by atoms with Crippen LogP contribution in [0.5, 0.6) is 0 Å². The van der Waals surface area contributed by atoms with Crippen LogP contribution >= 0.6 is 11.3 Å². The van der Waals surface area contributed by atoms with Gasteiger partial charge in [0.2, 0.25) is 5.91 Å². The topological polar surface area (TPSA) is 87.4 Å². The van der Waals surface area contributed by atoms with Crippen LogP contribution in [0.25, 0.3) is 22.3 Å². The molecule has 5 rings (SSSR count). The van der Waals surface area contributed by atoms with E-state index >= 15 is 0 Å². The molecule has 9 heteroatoms. The highest BCUT2D eigenvalue weighted by Gasteiger charge is 2.19. The van der Waals surface area contributed by atoms with E-state index in [-0.39, 0.29) is 5.91 Å². The zero-order valence-electron chi connectivity index (χ0n) is 19.7. The normalized spacial score (nSPS) is 15.1. The van der Waals surface area contributed by atoms with Crippen LogP contribution in [0.4, 0.5) is 5.82 Å². The number of nitrogens with zero attached hydrogens (tertiary/aromatic N) is 5. The van der Waals surface area contributed by atoms with Crippen molar-refractivity contribution in [1.82, 2.24) is 24.8 Å². The van der Waals surface area contributed by atoms with Gasteiger partial charge < -0.3 is 9.73 Å². The van der Waals surface area contributed by atoms with Crippen LogP contribution in [0.1, 0.15) is 17.7 Å². The number of rotatable bonds is 7. The molecule has 1 aromatic carbocycles. The van der Waals surface area contributed by atoms with Gasteiger partial charge in [0.05, 0.1) is 6.54 Å². The van der Waals surface area contributed by atoms with Crippen molar-refractivity contribution < 1.29 is 9.21 Å². The van der Waals surface area contributed by atoms with Crippen molar-refractivity contribution in [2.45, 2.75) is 19.9 Å². The Kier molecular flexibility index (Phi) is 7.27. The molecule has 180 valence electrons. The first-order valence-corrected chi connectivity index (χ1v) is 12.6. The molecule has 8 nitrogen and oxygen atoms in total. The second-order valence-electron chi connectivity index (χ2n) is 8.65. The van der Waals surface area contributed by atoms with Crippen LogP contribution in [0, 0.1) is 6.92 Å². The minimum absolute atomic E-state index is 0.0909. The SMILES string of the molecule is Cc1ccc(-c2nc(NC(=O)CN3CCCN(Cc4ccccc4)CC3)cc(-c3nccs3)n2)o1. The second-order valence-corrected chi connectivity index (χ2v) is 9.54. The molecule has 1 fully saturated rings. The van der Waals surface area contributed by atoms with Gasteiger partial charge in [-0.05, 0) is 44.1 Å². The number of furan rings is 1. The van der Waals surface area contributed by atoms with Crippen molar-refractivity contribution in [3.8, 4) is 22.3 Å². The van der Waals surface area contributed by atoms with Crippen LogP contribution < -0.4 is 5.32 Å². The monoisotopic (exact) mass is 488 g/mol. The first-order chi connectivity index (χ1) is 17.1. The summed E-state index contributed by atoms with van der Waals surface area (Å²) in [5, 5.41) is 5.63. The number of aromatic nitrogens is 3. The molecule has 0 radical (unpaired) electrons. The summed E-state index contributed by atoms with van der Waals surface area (Å²) in [4.78, 5) is 31.1. The molecule has 1 amide bonds. The van der Waals surface area contributed by atoms with Gasteiger partial charge in [-0.15, -0.1) is 11.3 Å². The number of thiazole rings is 1. The van der Waals surface area contributed by atoms with Gasteiger partial charge in [0.1, 0.15) is 22.3 Å². The van der Waals surface area contributed by atoms with Crippen LogP contribution in [-0.4, -0.2) is 63.4 Å². The summed E-state index contributed by atoms with van der Waals surface area (Å²) in [6, 6.07) is 16.0. The fraction of sp³-hybridized carbons (Fsp3) is 0.308. The maximum absolute atomic E-state index is 13.0. The van der Waals surface area contributed by atoms with Crippen LogP contribution in [0.15, 0.2) is 64.5 Å². The second kappa shape index (κ2) is 10.9. The number of carbonyl (C=O) groups is 1. The molecule has 4 heterocycles. The third-order valence-corrected chi connectivity index (χ3v) is 6.70.